The molecule has 2 rings (SSSR count). The van der Waals surface area contributed by atoms with Crippen LogP contribution in [0.4, 0.5) is 0 Å². The number of rotatable bonds is 6. The molecule has 2 aromatic rings. The number of hydrogen-bond acceptors (Lipinski definition) is 4. The van der Waals surface area contributed by atoms with Gasteiger partial charge in [0.25, 0.3) is 0 Å². The lowest BCUT2D eigenvalue weighted by molar-refractivity contribution is 0.0494. The number of aromatic hydroxyl groups is 2. The molecule has 0 unspecified atom stereocenters. The van der Waals surface area contributed by atoms with Crippen LogP contribution in [0.2, 0.25) is 0 Å². The minimum atomic E-state index is -0.606. The number of benzene rings is 2. The summed E-state index contributed by atoms with van der Waals surface area (Å²) in [7, 11) is 0. The molecular weight excluding hydrogens is 268 g/mol. The summed E-state index contributed by atoms with van der Waals surface area (Å²) < 4.78 is 5.15. The van der Waals surface area contributed by atoms with Crippen molar-refractivity contribution in [2.45, 2.75) is 32.6 Å². The summed E-state index contributed by atoms with van der Waals surface area (Å²) >= 11 is 0. The van der Waals surface area contributed by atoms with Crippen LogP contribution in [-0.2, 0) is 4.74 Å². The predicted octanol–water partition coefficient (Wildman–Crippen LogP) is 3.99. The maximum absolute atomic E-state index is 12.0. The minimum absolute atomic E-state index is 0.00157. The third-order valence-corrected chi connectivity index (χ3v) is 3.45. The SMILES string of the molecule is CCCCCCOC(=O)c1cc(O)c2ccccc2c1O. The maximum Gasteiger partial charge on any atom is 0.342 e. The molecule has 0 saturated heterocycles. The van der Waals surface area contributed by atoms with Crippen molar-refractivity contribution in [2.24, 2.45) is 0 Å². The summed E-state index contributed by atoms with van der Waals surface area (Å²) in [4.78, 5) is 12.0. The van der Waals surface area contributed by atoms with Gasteiger partial charge in [-0.1, -0.05) is 50.5 Å². The number of phenols is 2. The van der Waals surface area contributed by atoms with Crippen LogP contribution in [-0.4, -0.2) is 22.8 Å². The zero-order valence-electron chi connectivity index (χ0n) is 12.1. The summed E-state index contributed by atoms with van der Waals surface area (Å²) in [6, 6.07) is 8.09. The Morgan fingerprint density at radius 3 is 2.52 bits per heavy atom. The number of phenolic OH excluding ortho intramolecular Hbond substituents is 2. The third-order valence-electron chi connectivity index (χ3n) is 3.45. The summed E-state index contributed by atoms with van der Waals surface area (Å²) in [5.74, 6) is -0.798. The van der Waals surface area contributed by atoms with Gasteiger partial charge in [-0.3, -0.25) is 0 Å². The molecule has 0 bridgehead atoms. The molecule has 0 spiro atoms. The lowest BCUT2D eigenvalue weighted by atomic mass is 10.0. The highest BCUT2D eigenvalue weighted by molar-refractivity contribution is 6.03. The van der Waals surface area contributed by atoms with Gasteiger partial charge in [0.15, 0.2) is 0 Å². The van der Waals surface area contributed by atoms with E-state index in [0.29, 0.717) is 17.4 Å². The van der Waals surface area contributed by atoms with Crippen molar-refractivity contribution in [1.82, 2.24) is 0 Å². The lowest BCUT2D eigenvalue weighted by Crippen LogP contribution is -2.07. The Labute approximate surface area is 124 Å². The smallest absolute Gasteiger partial charge is 0.342 e. The Hall–Kier alpha value is -2.23. The van der Waals surface area contributed by atoms with E-state index in [0.717, 1.165) is 25.7 Å². The molecule has 0 aromatic heterocycles. The summed E-state index contributed by atoms with van der Waals surface area (Å²) in [5.41, 5.74) is 0.00157. The molecule has 0 heterocycles. The highest BCUT2D eigenvalue weighted by atomic mass is 16.5. The van der Waals surface area contributed by atoms with Crippen molar-refractivity contribution in [1.29, 1.82) is 0 Å². The average molecular weight is 288 g/mol. The molecule has 4 heteroatoms. The monoisotopic (exact) mass is 288 g/mol. The Balaban J connectivity index is 2.14. The first kappa shape index (κ1) is 15.2. The van der Waals surface area contributed by atoms with Gasteiger partial charge >= 0.3 is 5.97 Å². The van der Waals surface area contributed by atoms with Crippen molar-refractivity contribution in [3.8, 4) is 11.5 Å². The Morgan fingerprint density at radius 1 is 1.10 bits per heavy atom. The molecule has 0 amide bonds. The first-order valence-corrected chi connectivity index (χ1v) is 7.26. The molecule has 112 valence electrons. The fraction of sp³-hybridized carbons (Fsp3) is 0.353. The number of carbonyl (C=O) groups excluding carboxylic acids is 1. The van der Waals surface area contributed by atoms with E-state index in [1.54, 1.807) is 24.3 Å². The van der Waals surface area contributed by atoms with Crippen LogP contribution in [0.5, 0.6) is 11.5 Å². The van der Waals surface area contributed by atoms with Crippen LogP contribution in [0.1, 0.15) is 43.0 Å². The lowest BCUT2D eigenvalue weighted by Gasteiger charge is -2.10. The predicted molar refractivity (Wildman–Crippen MR) is 81.7 cm³/mol. The van der Waals surface area contributed by atoms with Crippen LogP contribution >= 0.6 is 0 Å². The highest BCUT2D eigenvalue weighted by Gasteiger charge is 2.17. The Kier molecular flexibility index (Phi) is 5.04. The van der Waals surface area contributed by atoms with E-state index in [-0.39, 0.29) is 17.1 Å². The fourth-order valence-electron chi connectivity index (χ4n) is 2.27. The quantitative estimate of drug-likeness (QED) is 0.479. The molecule has 0 aliphatic heterocycles. The van der Waals surface area contributed by atoms with E-state index in [9.17, 15) is 15.0 Å². The summed E-state index contributed by atoms with van der Waals surface area (Å²) in [6.07, 6.45) is 4.05. The van der Waals surface area contributed by atoms with Gasteiger partial charge in [0.05, 0.1) is 6.61 Å². The Morgan fingerprint density at radius 2 is 1.81 bits per heavy atom. The molecular formula is C17H20O4. The molecule has 0 radical (unpaired) electrons. The number of hydrogen-bond donors (Lipinski definition) is 2. The molecule has 2 N–H and O–H groups in total. The van der Waals surface area contributed by atoms with E-state index in [4.69, 9.17) is 4.74 Å². The molecule has 4 nitrogen and oxygen atoms in total. The van der Waals surface area contributed by atoms with Gasteiger partial charge < -0.3 is 14.9 Å². The average Bonchev–Trinajstić information content (AvgIpc) is 2.50. The molecule has 21 heavy (non-hydrogen) atoms. The summed E-state index contributed by atoms with van der Waals surface area (Å²) in [5, 5.41) is 21.1. The van der Waals surface area contributed by atoms with E-state index in [1.165, 1.54) is 6.07 Å². The van der Waals surface area contributed by atoms with E-state index in [2.05, 4.69) is 6.92 Å². The van der Waals surface area contributed by atoms with Gasteiger partial charge in [0, 0.05) is 10.8 Å². The molecule has 0 atom stereocenters. The van der Waals surface area contributed by atoms with Crippen LogP contribution < -0.4 is 0 Å². The van der Waals surface area contributed by atoms with Gasteiger partial charge in [-0.15, -0.1) is 0 Å². The number of esters is 1. The number of ether oxygens (including phenoxy) is 1. The van der Waals surface area contributed by atoms with Crippen molar-refractivity contribution in [3.05, 3.63) is 35.9 Å². The Bertz CT molecular complexity index is 634. The number of unbranched alkanes of at least 4 members (excludes halogenated alkanes) is 3. The topological polar surface area (TPSA) is 66.8 Å². The van der Waals surface area contributed by atoms with Crippen molar-refractivity contribution in [3.63, 3.8) is 0 Å². The van der Waals surface area contributed by atoms with E-state index in [1.807, 2.05) is 0 Å². The highest BCUT2D eigenvalue weighted by Crippen LogP contribution is 2.35. The second kappa shape index (κ2) is 6.97. The maximum atomic E-state index is 12.0. The largest absolute Gasteiger partial charge is 0.507 e. The second-order valence-corrected chi connectivity index (χ2v) is 5.03. The number of fused-ring (bicyclic) bond motifs is 1. The molecule has 0 aliphatic rings. The second-order valence-electron chi connectivity index (χ2n) is 5.03. The van der Waals surface area contributed by atoms with Gasteiger partial charge in [-0.2, -0.15) is 0 Å². The van der Waals surface area contributed by atoms with Gasteiger partial charge in [-0.05, 0) is 12.5 Å². The minimum Gasteiger partial charge on any atom is -0.507 e. The van der Waals surface area contributed by atoms with Crippen molar-refractivity contribution >= 4 is 16.7 Å². The zero-order chi connectivity index (χ0) is 15.2. The van der Waals surface area contributed by atoms with Crippen LogP contribution in [0.3, 0.4) is 0 Å². The van der Waals surface area contributed by atoms with Crippen molar-refractivity contribution in [2.75, 3.05) is 6.61 Å². The van der Waals surface area contributed by atoms with Gasteiger partial charge in [0.1, 0.15) is 17.1 Å². The molecule has 0 aliphatic carbocycles. The van der Waals surface area contributed by atoms with Crippen LogP contribution in [0.15, 0.2) is 30.3 Å². The molecule has 0 fully saturated rings. The third kappa shape index (κ3) is 3.45. The first-order chi connectivity index (χ1) is 10.1. The normalized spacial score (nSPS) is 10.7. The van der Waals surface area contributed by atoms with Crippen LogP contribution in [0.25, 0.3) is 10.8 Å². The molecule has 2 aromatic carbocycles. The van der Waals surface area contributed by atoms with Gasteiger partial charge in [0.2, 0.25) is 0 Å². The van der Waals surface area contributed by atoms with Crippen molar-refractivity contribution < 1.29 is 19.7 Å². The first-order valence-electron chi connectivity index (χ1n) is 7.26. The van der Waals surface area contributed by atoms with Crippen LogP contribution in [0, 0.1) is 0 Å². The fourth-order valence-corrected chi connectivity index (χ4v) is 2.27. The van der Waals surface area contributed by atoms with E-state index < -0.39 is 5.97 Å². The standard InChI is InChI=1S/C17H20O4/c1-2-3-4-7-10-21-17(20)14-11-15(18)12-8-5-6-9-13(12)16(14)19/h5-6,8-9,11,18-19H,2-4,7,10H2,1H3. The molecule has 0 saturated carbocycles. The number of carbonyl (C=O) groups is 1. The zero-order valence-corrected chi connectivity index (χ0v) is 12.1. The van der Waals surface area contributed by atoms with E-state index >= 15 is 0 Å². The summed E-state index contributed by atoms with van der Waals surface area (Å²) in [6.45, 7) is 2.44. The van der Waals surface area contributed by atoms with Gasteiger partial charge in [-0.25, -0.2) is 4.79 Å².